The molecule has 1 aromatic heterocycles. The molecule has 4 rings (SSSR count). The van der Waals surface area contributed by atoms with Crippen molar-refractivity contribution in [2.75, 3.05) is 49.1 Å². The summed E-state index contributed by atoms with van der Waals surface area (Å²) in [6.45, 7) is 3.84. The first-order chi connectivity index (χ1) is 13.5. The molecular formula is C18H21Cl2N5O2S. The fourth-order valence-corrected chi connectivity index (χ4v) is 5.77. The first-order valence-electron chi connectivity index (χ1n) is 9.23. The van der Waals surface area contributed by atoms with E-state index in [0.717, 1.165) is 24.7 Å². The minimum atomic E-state index is -3.69. The van der Waals surface area contributed by atoms with Gasteiger partial charge in [-0.2, -0.15) is 4.31 Å². The molecule has 0 spiro atoms. The molecule has 28 heavy (non-hydrogen) atoms. The Bertz CT molecular complexity index is 958. The van der Waals surface area contributed by atoms with Crippen LogP contribution in [0.25, 0.3) is 0 Å². The van der Waals surface area contributed by atoms with E-state index in [2.05, 4.69) is 19.8 Å². The Hall–Kier alpha value is -1.61. The number of hydrogen-bond donors (Lipinski definition) is 0. The van der Waals surface area contributed by atoms with Crippen molar-refractivity contribution in [1.29, 1.82) is 0 Å². The van der Waals surface area contributed by atoms with Crippen LogP contribution in [0.15, 0.2) is 35.5 Å². The molecule has 0 bridgehead atoms. The Labute approximate surface area is 174 Å². The van der Waals surface area contributed by atoms with Crippen LogP contribution >= 0.6 is 23.2 Å². The number of nitrogens with zero attached hydrogens (tertiary/aromatic N) is 5. The van der Waals surface area contributed by atoms with Crippen LogP contribution < -0.4 is 9.80 Å². The molecule has 10 heteroatoms. The third-order valence-electron chi connectivity index (χ3n) is 5.16. The van der Waals surface area contributed by atoms with Crippen molar-refractivity contribution in [1.82, 2.24) is 14.3 Å². The van der Waals surface area contributed by atoms with Gasteiger partial charge in [0.05, 0.1) is 10.0 Å². The predicted octanol–water partition coefficient (Wildman–Crippen LogP) is 2.89. The van der Waals surface area contributed by atoms with Gasteiger partial charge in [0.2, 0.25) is 10.0 Å². The molecule has 150 valence electrons. The lowest BCUT2D eigenvalue weighted by Crippen LogP contribution is -2.49. The molecule has 0 saturated carbocycles. The summed E-state index contributed by atoms with van der Waals surface area (Å²) in [5.74, 6) is 1.76. The summed E-state index contributed by atoms with van der Waals surface area (Å²) in [5, 5.41) is 0.300. The lowest BCUT2D eigenvalue weighted by Gasteiger charge is -2.35. The van der Waals surface area contributed by atoms with Crippen LogP contribution in [-0.4, -0.2) is 62.0 Å². The average molecular weight is 442 g/mol. The molecule has 0 N–H and O–H groups in total. The maximum atomic E-state index is 13.0. The second-order valence-corrected chi connectivity index (χ2v) is 9.56. The van der Waals surface area contributed by atoms with Gasteiger partial charge < -0.3 is 9.80 Å². The van der Waals surface area contributed by atoms with E-state index in [1.807, 2.05) is 6.07 Å². The highest BCUT2D eigenvalue weighted by Crippen LogP contribution is 2.31. The van der Waals surface area contributed by atoms with Crippen molar-refractivity contribution in [3.8, 4) is 0 Å². The van der Waals surface area contributed by atoms with E-state index in [0.29, 0.717) is 26.2 Å². The van der Waals surface area contributed by atoms with Gasteiger partial charge >= 0.3 is 0 Å². The zero-order valence-corrected chi connectivity index (χ0v) is 17.6. The summed E-state index contributed by atoms with van der Waals surface area (Å²) < 4.78 is 27.4. The van der Waals surface area contributed by atoms with E-state index in [1.165, 1.54) is 23.2 Å². The van der Waals surface area contributed by atoms with Gasteiger partial charge in [-0.15, -0.1) is 0 Å². The van der Waals surface area contributed by atoms with Crippen molar-refractivity contribution in [2.45, 2.75) is 17.7 Å². The molecule has 0 unspecified atom stereocenters. The molecule has 2 aliphatic heterocycles. The minimum absolute atomic E-state index is 0.0495. The van der Waals surface area contributed by atoms with Crippen molar-refractivity contribution < 1.29 is 8.42 Å². The van der Waals surface area contributed by atoms with Crippen molar-refractivity contribution >= 4 is 44.9 Å². The molecule has 2 fully saturated rings. The van der Waals surface area contributed by atoms with Gasteiger partial charge in [-0.3, -0.25) is 0 Å². The first kappa shape index (κ1) is 19.7. The zero-order chi connectivity index (χ0) is 19.7. The van der Waals surface area contributed by atoms with E-state index in [1.54, 1.807) is 18.5 Å². The van der Waals surface area contributed by atoms with Crippen LogP contribution in [0.1, 0.15) is 12.8 Å². The van der Waals surface area contributed by atoms with E-state index in [9.17, 15) is 8.42 Å². The SMILES string of the molecule is O=S(=O)(c1cccc(Cl)c1Cl)N1CCN(c2cc(N3CCCC3)ncn2)CC1. The maximum Gasteiger partial charge on any atom is 0.244 e. The second-order valence-electron chi connectivity index (χ2n) is 6.87. The number of aromatic nitrogens is 2. The van der Waals surface area contributed by atoms with Gasteiger partial charge in [-0.1, -0.05) is 29.3 Å². The number of halogens is 2. The van der Waals surface area contributed by atoms with E-state index < -0.39 is 10.0 Å². The molecule has 2 saturated heterocycles. The molecular weight excluding hydrogens is 421 g/mol. The highest BCUT2D eigenvalue weighted by atomic mass is 35.5. The molecule has 1 aromatic carbocycles. The van der Waals surface area contributed by atoms with E-state index in [-0.39, 0.29) is 14.9 Å². The standard InChI is InChI=1S/C18H21Cl2N5O2S/c19-14-4-3-5-15(18(14)20)28(26,27)25-10-8-24(9-11-25)17-12-16(21-13-22-17)23-6-1-2-7-23/h3-5,12-13H,1-2,6-11H2. The molecule has 0 radical (unpaired) electrons. The van der Waals surface area contributed by atoms with Crippen molar-refractivity contribution in [3.05, 3.63) is 40.6 Å². The number of rotatable bonds is 4. The predicted molar refractivity (Wildman–Crippen MR) is 111 cm³/mol. The summed E-state index contributed by atoms with van der Waals surface area (Å²) in [6, 6.07) is 6.65. The van der Waals surface area contributed by atoms with Gasteiger partial charge in [0.15, 0.2) is 0 Å². The Balaban J connectivity index is 1.47. The smallest absolute Gasteiger partial charge is 0.244 e. The molecule has 2 aromatic rings. The normalized spacial score (nSPS) is 18.6. The fourth-order valence-electron chi connectivity index (χ4n) is 3.61. The number of anilines is 2. The average Bonchev–Trinajstić information content (AvgIpc) is 3.25. The van der Waals surface area contributed by atoms with Crippen molar-refractivity contribution in [3.63, 3.8) is 0 Å². The summed E-state index contributed by atoms with van der Waals surface area (Å²) in [5.41, 5.74) is 0. The monoisotopic (exact) mass is 441 g/mol. The van der Waals surface area contributed by atoms with Crippen LogP contribution in [0.4, 0.5) is 11.6 Å². The number of sulfonamides is 1. The number of piperazine rings is 1. The quantitative estimate of drug-likeness (QED) is 0.726. The lowest BCUT2D eigenvalue weighted by molar-refractivity contribution is 0.384. The van der Waals surface area contributed by atoms with Gasteiger partial charge in [0, 0.05) is 45.3 Å². The molecule has 0 atom stereocenters. The first-order valence-corrected chi connectivity index (χ1v) is 11.4. The number of benzene rings is 1. The summed E-state index contributed by atoms with van der Waals surface area (Å²) in [7, 11) is -3.69. The van der Waals surface area contributed by atoms with Gasteiger partial charge in [0.25, 0.3) is 0 Å². The highest BCUT2D eigenvalue weighted by Gasteiger charge is 2.31. The number of hydrogen-bond acceptors (Lipinski definition) is 6. The molecule has 3 heterocycles. The topological polar surface area (TPSA) is 69.6 Å². The summed E-state index contributed by atoms with van der Waals surface area (Å²) >= 11 is 12.1. The van der Waals surface area contributed by atoms with Gasteiger partial charge in [0.1, 0.15) is 22.9 Å². The molecule has 7 nitrogen and oxygen atoms in total. The van der Waals surface area contributed by atoms with Gasteiger partial charge in [-0.25, -0.2) is 18.4 Å². The van der Waals surface area contributed by atoms with E-state index >= 15 is 0 Å². The molecule has 2 aliphatic rings. The highest BCUT2D eigenvalue weighted by molar-refractivity contribution is 7.89. The lowest BCUT2D eigenvalue weighted by atomic mass is 10.3. The second kappa shape index (κ2) is 8.02. The van der Waals surface area contributed by atoms with Crippen LogP contribution in [-0.2, 0) is 10.0 Å². The van der Waals surface area contributed by atoms with E-state index in [4.69, 9.17) is 23.2 Å². The maximum absolute atomic E-state index is 13.0. The Morgan fingerprint density at radius 1 is 0.857 bits per heavy atom. The Morgan fingerprint density at radius 3 is 2.11 bits per heavy atom. The molecule has 0 aliphatic carbocycles. The summed E-state index contributed by atoms with van der Waals surface area (Å²) in [6.07, 6.45) is 3.95. The molecule has 0 amide bonds. The third kappa shape index (κ3) is 3.78. The van der Waals surface area contributed by atoms with Crippen LogP contribution in [0.3, 0.4) is 0 Å². The summed E-state index contributed by atoms with van der Waals surface area (Å²) in [4.78, 5) is 13.2. The van der Waals surface area contributed by atoms with Crippen LogP contribution in [0.2, 0.25) is 10.0 Å². The van der Waals surface area contributed by atoms with Crippen molar-refractivity contribution in [2.24, 2.45) is 0 Å². The van der Waals surface area contributed by atoms with Crippen LogP contribution in [0.5, 0.6) is 0 Å². The largest absolute Gasteiger partial charge is 0.356 e. The van der Waals surface area contributed by atoms with Gasteiger partial charge in [-0.05, 0) is 25.0 Å². The minimum Gasteiger partial charge on any atom is -0.356 e. The fraction of sp³-hybridized carbons (Fsp3) is 0.444. The Morgan fingerprint density at radius 2 is 1.46 bits per heavy atom. The zero-order valence-electron chi connectivity index (χ0n) is 15.3. The van der Waals surface area contributed by atoms with Crippen LogP contribution in [0, 0.1) is 0 Å². The third-order valence-corrected chi connectivity index (χ3v) is 8.04. The Kier molecular flexibility index (Phi) is 5.64.